The van der Waals surface area contributed by atoms with Gasteiger partial charge in [-0.15, -0.1) is 0 Å². The molecule has 2 aromatic rings. The van der Waals surface area contributed by atoms with Crippen molar-refractivity contribution >= 4 is 5.69 Å². The van der Waals surface area contributed by atoms with Crippen LogP contribution in [0, 0.1) is 22.9 Å². The third-order valence-electron chi connectivity index (χ3n) is 2.42. The summed E-state index contributed by atoms with van der Waals surface area (Å²) in [5.74, 6) is -0.312. The number of nitrogens with zero attached hydrogens (tertiary/aromatic N) is 2. The van der Waals surface area contributed by atoms with Crippen molar-refractivity contribution in [2.24, 2.45) is 0 Å². The number of hydrogen-bond acceptors (Lipinski definition) is 3. The van der Waals surface area contributed by atoms with Crippen molar-refractivity contribution in [1.82, 2.24) is 4.98 Å². The first-order valence-corrected chi connectivity index (χ1v) is 4.95. The number of rotatable bonds is 2. The fourth-order valence-electron chi connectivity index (χ4n) is 1.57. The van der Waals surface area contributed by atoms with Crippen molar-refractivity contribution in [3.8, 4) is 11.3 Å². The Bertz CT molecular complexity index is 567. The van der Waals surface area contributed by atoms with Crippen LogP contribution in [0.2, 0.25) is 0 Å². The molecule has 0 spiro atoms. The standard InChI is InChI=1S/C12H9FN2O2/c1-8-6-9(13)2-4-11(8)12-5-3-10(7-14-12)15(16)17/h2-7H,1H3. The molecule has 2 rings (SSSR count). The average molecular weight is 232 g/mol. The zero-order valence-electron chi connectivity index (χ0n) is 9.05. The van der Waals surface area contributed by atoms with Gasteiger partial charge in [-0.1, -0.05) is 0 Å². The highest BCUT2D eigenvalue weighted by Crippen LogP contribution is 2.23. The Morgan fingerprint density at radius 2 is 2.06 bits per heavy atom. The molecule has 86 valence electrons. The molecule has 0 atom stereocenters. The van der Waals surface area contributed by atoms with E-state index >= 15 is 0 Å². The van der Waals surface area contributed by atoms with Gasteiger partial charge in [-0.2, -0.15) is 0 Å². The second-order valence-electron chi connectivity index (χ2n) is 3.62. The van der Waals surface area contributed by atoms with Gasteiger partial charge in [0.25, 0.3) is 5.69 Å². The Hall–Kier alpha value is -2.30. The number of benzene rings is 1. The van der Waals surface area contributed by atoms with Crippen molar-refractivity contribution in [3.05, 3.63) is 58.0 Å². The molecule has 0 saturated carbocycles. The Balaban J connectivity index is 2.43. The van der Waals surface area contributed by atoms with Crippen LogP contribution in [0.3, 0.4) is 0 Å². The van der Waals surface area contributed by atoms with Gasteiger partial charge in [0.2, 0.25) is 0 Å². The number of halogens is 1. The number of aryl methyl sites for hydroxylation is 1. The molecule has 0 N–H and O–H groups in total. The number of aromatic nitrogens is 1. The smallest absolute Gasteiger partial charge is 0.258 e. The minimum Gasteiger partial charge on any atom is -0.258 e. The number of hydrogen-bond donors (Lipinski definition) is 0. The Morgan fingerprint density at radius 3 is 2.59 bits per heavy atom. The van der Waals surface area contributed by atoms with Gasteiger partial charge in [-0.05, 0) is 36.8 Å². The summed E-state index contributed by atoms with van der Waals surface area (Å²) < 4.78 is 12.9. The highest BCUT2D eigenvalue weighted by Gasteiger charge is 2.08. The summed E-state index contributed by atoms with van der Waals surface area (Å²) in [6.07, 6.45) is 1.19. The Morgan fingerprint density at radius 1 is 1.29 bits per heavy atom. The summed E-state index contributed by atoms with van der Waals surface area (Å²) in [5, 5.41) is 10.5. The second kappa shape index (κ2) is 4.29. The van der Waals surface area contributed by atoms with Crippen LogP contribution in [-0.2, 0) is 0 Å². The minimum atomic E-state index is -0.506. The van der Waals surface area contributed by atoms with Crippen LogP contribution in [0.1, 0.15) is 5.56 Å². The largest absolute Gasteiger partial charge is 0.287 e. The van der Waals surface area contributed by atoms with Gasteiger partial charge in [0.1, 0.15) is 12.0 Å². The highest BCUT2D eigenvalue weighted by molar-refractivity contribution is 5.63. The summed E-state index contributed by atoms with van der Waals surface area (Å²) in [4.78, 5) is 14.0. The predicted molar refractivity (Wildman–Crippen MR) is 61.0 cm³/mol. The fraction of sp³-hybridized carbons (Fsp3) is 0.0833. The third kappa shape index (κ3) is 2.28. The van der Waals surface area contributed by atoms with Gasteiger partial charge in [-0.25, -0.2) is 9.37 Å². The van der Waals surface area contributed by atoms with Crippen LogP contribution in [0.5, 0.6) is 0 Å². The van der Waals surface area contributed by atoms with Gasteiger partial charge >= 0.3 is 0 Å². The molecule has 0 fully saturated rings. The molecule has 17 heavy (non-hydrogen) atoms. The number of pyridine rings is 1. The summed E-state index contributed by atoms with van der Waals surface area (Å²) >= 11 is 0. The third-order valence-corrected chi connectivity index (χ3v) is 2.42. The van der Waals surface area contributed by atoms with Gasteiger partial charge in [0.15, 0.2) is 0 Å². The van der Waals surface area contributed by atoms with Crippen molar-refractivity contribution in [3.63, 3.8) is 0 Å². The van der Waals surface area contributed by atoms with Gasteiger partial charge < -0.3 is 0 Å². The maximum absolute atomic E-state index is 12.9. The van der Waals surface area contributed by atoms with Gasteiger partial charge in [-0.3, -0.25) is 10.1 Å². The Labute approximate surface area is 96.9 Å². The van der Waals surface area contributed by atoms with E-state index in [4.69, 9.17) is 0 Å². The van der Waals surface area contributed by atoms with Crippen LogP contribution >= 0.6 is 0 Å². The zero-order chi connectivity index (χ0) is 12.4. The van der Waals surface area contributed by atoms with Crippen LogP contribution < -0.4 is 0 Å². The zero-order valence-corrected chi connectivity index (χ0v) is 9.05. The molecule has 1 heterocycles. The van der Waals surface area contributed by atoms with E-state index in [0.717, 1.165) is 11.1 Å². The molecule has 0 unspecified atom stereocenters. The maximum Gasteiger partial charge on any atom is 0.287 e. The molecular formula is C12H9FN2O2. The van der Waals surface area contributed by atoms with E-state index in [-0.39, 0.29) is 11.5 Å². The SMILES string of the molecule is Cc1cc(F)ccc1-c1ccc([N+](=O)[O-])cn1. The Kier molecular flexibility index (Phi) is 2.82. The summed E-state index contributed by atoms with van der Waals surface area (Å²) in [6, 6.07) is 7.28. The van der Waals surface area contributed by atoms with E-state index in [2.05, 4.69) is 4.98 Å². The molecule has 0 aliphatic carbocycles. The molecule has 0 radical (unpaired) electrons. The topological polar surface area (TPSA) is 56.0 Å². The lowest BCUT2D eigenvalue weighted by Gasteiger charge is -2.04. The average Bonchev–Trinajstić information content (AvgIpc) is 2.29. The molecule has 0 aliphatic heterocycles. The van der Waals surface area contributed by atoms with E-state index in [1.807, 2.05) is 0 Å². The first-order chi connectivity index (χ1) is 8.08. The quantitative estimate of drug-likeness (QED) is 0.590. The molecular weight excluding hydrogens is 223 g/mol. The summed E-state index contributed by atoms with van der Waals surface area (Å²) in [6.45, 7) is 1.77. The van der Waals surface area contributed by atoms with E-state index in [0.29, 0.717) is 5.69 Å². The molecule has 0 amide bonds. The lowest BCUT2D eigenvalue weighted by molar-refractivity contribution is -0.385. The molecule has 0 bridgehead atoms. The van der Waals surface area contributed by atoms with Gasteiger partial charge in [0.05, 0.1) is 10.6 Å². The van der Waals surface area contributed by atoms with Crippen LogP contribution in [0.25, 0.3) is 11.3 Å². The first kappa shape index (κ1) is 11.2. The minimum absolute atomic E-state index is 0.0616. The summed E-state index contributed by atoms with van der Waals surface area (Å²) in [7, 11) is 0. The van der Waals surface area contributed by atoms with Crippen molar-refractivity contribution in [2.75, 3.05) is 0 Å². The monoisotopic (exact) mass is 232 g/mol. The van der Waals surface area contributed by atoms with E-state index < -0.39 is 4.92 Å². The molecule has 4 nitrogen and oxygen atoms in total. The molecule has 1 aromatic carbocycles. The molecule has 5 heteroatoms. The van der Waals surface area contributed by atoms with E-state index in [1.165, 1.54) is 24.4 Å². The van der Waals surface area contributed by atoms with Crippen LogP contribution in [-0.4, -0.2) is 9.91 Å². The van der Waals surface area contributed by atoms with E-state index in [1.54, 1.807) is 19.1 Å². The second-order valence-corrected chi connectivity index (χ2v) is 3.62. The lowest BCUT2D eigenvalue weighted by Crippen LogP contribution is -1.91. The van der Waals surface area contributed by atoms with E-state index in [9.17, 15) is 14.5 Å². The van der Waals surface area contributed by atoms with Gasteiger partial charge in [0, 0.05) is 11.6 Å². The van der Waals surface area contributed by atoms with Crippen molar-refractivity contribution < 1.29 is 9.31 Å². The highest BCUT2D eigenvalue weighted by atomic mass is 19.1. The van der Waals surface area contributed by atoms with Crippen LogP contribution in [0.15, 0.2) is 36.5 Å². The maximum atomic E-state index is 12.9. The van der Waals surface area contributed by atoms with Crippen LogP contribution in [0.4, 0.5) is 10.1 Å². The van der Waals surface area contributed by atoms with Crippen molar-refractivity contribution in [2.45, 2.75) is 6.92 Å². The first-order valence-electron chi connectivity index (χ1n) is 4.95. The molecule has 0 saturated heterocycles. The summed E-state index contributed by atoms with van der Waals surface area (Å²) in [5.41, 5.74) is 2.04. The predicted octanol–water partition coefficient (Wildman–Crippen LogP) is 3.10. The fourth-order valence-corrected chi connectivity index (χ4v) is 1.57. The number of nitro groups is 1. The molecule has 0 aliphatic rings. The molecule has 1 aromatic heterocycles. The lowest BCUT2D eigenvalue weighted by atomic mass is 10.1. The van der Waals surface area contributed by atoms with Crippen molar-refractivity contribution in [1.29, 1.82) is 0 Å². The normalized spacial score (nSPS) is 10.2.